The van der Waals surface area contributed by atoms with E-state index in [9.17, 15) is 9.00 Å². The van der Waals surface area contributed by atoms with Crippen molar-refractivity contribution in [2.75, 3.05) is 11.5 Å². The molecule has 2 heterocycles. The Hall–Kier alpha value is -1.37. The van der Waals surface area contributed by atoms with E-state index in [2.05, 4.69) is 14.9 Å². The maximum atomic E-state index is 11.7. The molecule has 1 saturated heterocycles. The molecule has 0 saturated carbocycles. The van der Waals surface area contributed by atoms with E-state index in [0.717, 1.165) is 30.0 Å². The van der Waals surface area contributed by atoms with Gasteiger partial charge in [0.25, 0.3) is 0 Å². The van der Waals surface area contributed by atoms with Gasteiger partial charge >= 0.3 is 6.09 Å². The molecule has 0 aromatic carbocycles. The van der Waals surface area contributed by atoms with Crippen LogP contribution in [0.25, 0.3) is 0 Å². The Morgan fingerprint density at radius 1 is 1.48 bits per heavy atom. The Kier molecular flexibility index (Phi) is 5.03. The third-order valence-corrected chi connectivity index (χ3v) is 4.69. The van der Waals surface area contributed by atoms with Gasteiger partial charge in [-0.2, -0.15) is 0 Å². The van der Waals surface area contributed by atoms with Gasteiger partial charge in [0.15, 0.2) is 0 Å². The van der Waals surface area contributed by atoms with Gasteiger partial charge in [0.05, 0.1) is 18.6 Å². The van der Waals surface area contributed by atoms with Gasteiger partial charge in [0.2, 0.25) is 0 Å². The Morgan fingerprint density at radius 3 is 2.76 bits per heavy atom. The van der Waals surface area contributed by atoms with Crippen molar-refractivity contribution in [3.8, 4) is 0 Å². The first-order valence-corrected chi connectivity index (χ1v) is 8.66. The van der Waals surface area contributed by atoms with Crippen molar-refractivity contribution in [3.05, 3.63) is 18.2 Å². The molecule has 1 fully saturated rings. The lowest BCUT2D eigenvalue weighted by Gasteiger charge is -2.25. The molecule has 118 valence electrons. The number of nitrogens with one attached hydrogen (secondary N) is 1. The van der Waals surface area contributed by atoms with E-state index in [0.29, 0.717) is 12.6 Å². The Balaban J connectivity index is 1.91. The largest absolute Gasteiger partial charge is 0.444 e. The highest BCUT2D eigenvalue weighted by molar-refractivity contribution is 7.85. The molecular formula is C14H23N3O3S. The average molecular weight is 313 g/mol. The number of amides is 1. The summed E-state index contributed by atoms with van der Waals surface area (Å²) >= 11 is 0. The van der Waals surface area contributed by atoms with Crippen LogP contribution < -0.4 is 5.32 Å². The van der Waals surface area contributed by atoms with Gasteiger partial charge in [-0.3, -0.25) is 4.21 Å². The van der Waals surface area contributed by atoms with Crippen molar-refractivity contribution in [1.29, 1.82) is 0 Å². The topological polar surface area (TPSA) is 73.2 Å². The number of aromatic nitrogens is 2. The highest BCUT2D eigenvalue weighted by atomic mass is 32.2. The molecule has 0 atom stereocenters. The van der Waals surface area contributed by atoms with Gasteiger partial charge in [0, 0.05) is 34.5 Å². The maximum absolute atomic E-state index is 11.7. The fourth-order valence-corrected chi connectivity index (χ4v) is 3.61. The summed E-state index contributed by atoms with van der Waals surface area (Å²) in [5, 5.41) is 2.75. The summed E-state index contributed by atoms with van der Waals surface area (Å²) in [6.45, 7) is 5.88. The maximum Gasteiger partial charge on any atom is 0.407 e. The van der Waals surface area contributed by atoms with E-state index in [1.165, 1.54) is 0 Å². The summed E-state index contributed by atoms with van der Waals surface area (Å²) in [4.78, 5) is 15.8. The smallest absolute Gasteiger partial charge is 0.407 e. The molecule has 2 rings (SSSR count). The summed E-state index contributed by atoms with van der Waals surface area (Å²) in [6.07, 6.45) is 4.89. The average Bonchev–Trinajstić information content (AvgIpc) is 2.83. The minimum Gasteiger partial charge on any atom is -0.444 e. The Morgan fingerprint density at radius 2 is 2.14 bits per heavy atom. The van der Waals surface area contributed by atoms with Gasteiger partial charge in [-0.1, -0.05) is 0 Å². The van der Waals surface area contributed by atoms with E-state index >= 15 is 0 Å². The highest BCUT2D eigenvalue weighted by Crippen LogP contribution is 2.23. The van der Waals surface area contributed by atoms with Crippen LogP contribution in [0.5, 0.6) is 0 Å². The zero-order valence-electron chi connectivity index (χ0n) is 12.8. The van der Waals surface area contributed by atoms with Crippen molar-refractivity contribution in [3.63, 3.8) is 0 Å². The standard InChI is InChI=1S/C14H23N3O3S/c1-14(2,3)20-13(18)16-9-12-8-15-10-17(12)11-4-6-21(19)7-5-11/h8,10-11H,4-7,9H2,1-3H3,(H,16,18). The molecule has 1 aromatic heterocycles. The molecule has 1 aliphatic heterocycles. The minimum atomic E-state index is -0.675. The molecule has 0 radical (unpaired) electrons. The second kappa shape index (κ2) is 6.60. The van der Waals surface area contributed by atoms with Crippen LogP contribution >= 0.6 is 0 Å². The highest BCUT2D eigenvalue weighted by Gasteiger charge is 2.21. The predicted molar refractivity (Wildman–Crippen MR) is 81.4 cm³/mol. The second-order valence-corrected chi connectivity index (χ2v) is 7.92. The van der Waals surface area contributed by atoms with E-state index in [-0.39, 0.29) is 0 Å². The van der Waals surface area contributed by atoms with Crippen LogP contribution in [0.2, 0.25) is 0 Å². The molecule has 1 aliphatic rings. The number of imidazole rings is 1. The summed E-state index contributed by atoms with van der Waals surface area (Å²) in [5.74, 6) is 1.48. The van der Waals surface area contributed by atoms with Gasteiger partial charge in [-0.25, -0.2) is 9.78 Å². The van der Waals surface area contributed by atoms with Crippen LogP contribution in [-0.4, -0.2) is 37.0 Å². The van der Waals surface area contributed by atoms with E-state index in [1.807, 2.05) is 20.8 Å². The fraction of sp³-hybridized carbons (Fsp3) is 0.714. The number of nitrogens with zero attached hydrogens (tertiary/aromatic N) is 2. The van der Waals surface area contributed by atoms with E-state index < -0.39 is 22.5 Å². The molecule has 21 heavy (non-hydrogen) atoms. The van der Waals surface area contributed by atoms with Crippen LogP contribution in [0.15, 0.2) is 12.5 Å². The number of carbonyl (C=O) groups excluding carboxylic acids is 1. The van der Waals surface area contributed by atoms with Crippen LogP contribution in [0.4, 0.5) is 4.79 Å². The lowest BCUT2D eigenvalue weighted by molar-refractivity contribution is 0.0522. The van der Waals surface area contributed by atoms with Crippen LogP contribution in [0, 0.1) is 0 Å². The van der Waals surface area contributed by atoms with E-state index in [4.69, 9.17) is 4.74 Å². The first-order chi connectivity index (χ1) is 9.85. The van der Waals surface area contributed by atoms with Crippen LogP contribution in [-0.2, 0) is 22.1 Å². The molecule has 0 spiro atoms. The van der Waals surface area contributed by atoms with Gasteiger partial charge in [-0.15, -0.1) is 0 Å². The van der Waals surface area contributed by atoms with E-state index in [1.54, 1.807) is 12.5 Å². The lowest BCUT2D eigenvalue weighted by atomic mass is 10.1. The molecule has 1 N–H and O–H groups in total. The number of carbonyl (C=O) groups is 1. The molecular weight excluding hydrogens is 290 g/mol. The van der Waals surface area contributed by atoms with Crippen LogP contribution in [0.3, 0.4) is 0 Å². The third-order valence-electron chi connectivity index (χ3n) is 3.31. The first-order valence-electron chi connectivity index (χ1n) is 7.18. The molecule has 0 bridgehead atoms. The van der Waals surface area contributed by atoms with Gasteiger partial charge < -0.3 is 14.6 Å². The quantitative estimate of drug-likeness (QED) is 0.926. The number of hydrogen-bond donors (Lipinski definition) is 1. The van der Waals surface area contributed by atoms with Crippen molar-refractivity contribution < 1.29 is 13.7 Å². The monoisotopic (exact) mass is 313 g/mol. The number of ether oxygens (including phenoxy) is 1. The summed E-state index contributed by atoms with van der Waals surface area (Å²) in [5.41, 5.74) is 0.441. The molecule has 0 unspecified atom stereocenters. The van der Waals surface area contributed by atoms with Crippen molar-refractivity contribution >= 4 is 16.9 Å². The predicted octanol–water partition coefficient (Wildman–Crippen LogP) is 1.99. The number of hydrogen-bond acceptors (Lipinski definition) is 4. The lowest BCUT2D eigenvalue weighted by Crippen LogP contribution is -2.33. The molecule has 6 nitrogen and oxygen atoms in total. The molecule has 1 aromatic rings. The Labute approximate surface area is 127 Å². The molecule has 1 amide bonds. The zero-order chi connectivity index (χ0) is 15.5. The third kappa shape index (κ3) is 4.84. The first kappa shape index (κ1) is 16.0. The fourth-order valence-electron chi connectivity index (χ4n) is 2.33. The van der Waals surface area contributed by atoms with Crippen molar-refractivity contribution in [1.82, 2.24) is 14.9 Å². The number of alkyl carbamates (subject to hydrolysis) is 1. The normalized spacial score (nSPS) is 22.8. The zero-order valence-corrected chi connectivity index (χ0v) is 13.6. The van der Waals surface area contributed by atoms with Crippen molar-refractivity contribution in [2.45, 2.75) is 51.8 Å². The van der Waals surface area contributed by atoms with Crippen LogP contribution in [0.1, 0.15) is 45.3 Å². The van der Waals surface area contributed by atoms with Gasteiger partial charge in [0.1, 0.15) is 5.60 Å². The summed E-state index contributed by atoms with van der Waals surface area (Å²) in [7, 11) is -0.675. The van der Waals surface area contributed by atoms with Gasteiger partial charge in [-0.05, 0) is 33.6 Å². The molecule has 0 aliphatic carbocycles. The number of rotatable bonds is 3. The summed E-state index contributed by atoms with van der Waals surface area (Å²) < 4.78 is 18.7. The SMILES string of the molecule is CC(C)(C)OC(=O)NCc1cncn1C1CCS(=O)CC1. The van der Waals surface area contributed by atoms with Crippen molar-refractivity contribution in [2.24, 2.45) is 0 Å². The molecule has 7 heteroatoms. The minimum absolute atomic E-state index is 0.320. The second-order valence-electron chi connectivity index (χ2n) is 6.23. The summed E-state index contributed by atoms with van der Waals surface area (Å²) in [6, 6.07) is 0.320. The Bertz CT molecular complexity index is 512.